The molecule has 0 bridgehead atoms. The number of carbonyl (C=O) groups is 1. The predicted octanol–water partition coefficient (Wildman–Crippen LogP) is 2.65. The van der Waals surface area contributed by atoms with Gasteiger partial charge in [0.05, 0.1) is 0 Å². The third-order valence-electron chi connectivity index (χ3n) is 4.82. The van der Waals surface area contributed by atoms with Crippen LogP contribution in [0, 0.1) is 5.92 Å². The van der Waals surface area contributed by atoms with E-state index in [0.717, 1.165) is 23.1 Å². The van der Waals surface area contributed by atoms with Crippen LogP contribution in [0.15, 0.2) is 59.1 Å². The van der Waals surface area contributed by atoms with Gasteiger partial charge < -0.3 is 11.5 Å². The number of hydrogen-bond donors (Lipinski definition) is 2. The maximum absolute atomic E-state index is 12.1. The molecule has 0 saturated carbocycles. The molecule has 0 aliphatic carbocycles. The monoisotopic (exact) mass is 387 g/mol. The van der Waals surface area contributed by atoms with E-state index in [2.05, 4.69) is 33.0 Å². The summed E-state index contributed by atoms with van der Waals surface area (Å²) in [6.07, 6.45) is 0. The van der Waals surface area contributed by atoms with Crippen LogP contribution in [-0.2, 0) is 4.79 Å². The van der Waals surface area contributed by atoms with Gasteiger partial charge in [0.25, 0.3) is 0 Å². The highest BCUT2D eigenvalue weighted by Crippen LogP contribution is 2.36. The fourth-order valence-electron chi connectivity index (χ4n) is 3.63. The van der Waals surface area contributed by atoms with Gasteiger partial charge in [0.2, 0.25) is 5.91 Å². The van der Waals surface area contributed by atoms with Gasteiger partial charge in [-0.1, -0.05) is 58.4 Å². The van der Waals surface area contributed by atoms with Crippen LogP contribution in [-0.4, -0.2) is 30.4 Å². The van der Waals surface area contributed by atoms with E-state index in [1.807, 2.05) is 42.5 Å². The molecule has 1 saturated heterocycles. The summed E-state index contributed by atoms with van der Waals surface area (Å²) in [5.41, 5.74) is 13.9. The van der Waals surface area contributed by atoms with E-state index in [1.54, 1.807) is 0 Å². The molecule has 2 aromatic carbocycles. The summed E-state index contributed by atoms with van der Waals surface area (Å²) >= 11 is 3.43. The number of likely N-dealkylation sites (tertiary alicyclic amines) is 1. The maximum Gasteiger partial charge on any atom is 0.239 e. The second-order valence-electron chi connectivity index (χ2n) is 6.32. The number of amides is 1. The zero-order valence-electron chi connectivity index (χ0n) is 13.4. The first kappa shape index (κ1) is 17.1. The van der Waals surface area contributed by atoms with Crippen LogP contribution in [0.5, 0.6) is 0 Å². The van der Waals surface area contributed by atoms with Gasteiger partial charge in [0.15, 0.2) is 0 Å². The van der Waals surface area contributed by atoms with Gasteiger partial charge in [0, 0.05) is 23.5 Å². The third kappa shape index (κ3) is 3.53. The van der Waals surface area contributed by atoms with E-state index in [-0.39, 0.29) is 5.91 Å². The highest BCUT2D eigenvalue weighted by molar-refractivity contribution is 9.10. The van der Waals surface area contributed by atoms with E-state index in [1.165, 1.54) is 5.56 Å². The lowest BCUT2D eigenvalue weighted by Gasteiger charge is -2.25. The van der Waals surface area contributed by atoms with Crippen molar-refractivity contribution in [2.75, 3.05) is 19.6 Å². The van der Waals surface area contributed by atoms with Crippen molar-refractivity contribution in [2.24, 2.45) is 17.4 Å². The van der Waals surface area contributed by atoms with Crippen molar-refractivity contribution in [3.63, 3.8) is 0 Å². The van der Waals surface area contributed by atoms with Crippen molar-refractivity contribution in [2.45, 2.75) is 12.0 Å². The molecule has 1 amide bonds. The molecule has 4 nitrogen and oxygen atoms in total. The van der Waals surface area contributed by atoms with Crippen LogP contribution in [0.1, 0.15) is 23.1 Å². The second kappa shape index (κ2) is 7.47. The molecular weight excluding hydrogens is 366 g/mol. The van der Waals surface area contributed by atoms with Gasteiger partial charge in [-0.3, -0.25) is 9.69 Å². The van der Waals surface area contributed by atoms with Crippen LogP contribution >= 0.6 is 15.9 Å². The van der Waals surface area contributed by atoms with Crippen molar-refractivity contribution in [3.8, 4) is 0 Å². The lowest BCUT2D eigenvalue weighted by molar-refractivity contribution is -0.123. The lowest BCUT2D eigenvalue weighted by atomic mass is 9.89. The number of halogens is 1. The highest BCUT2D eigenvalue weighted by atomic mass is 79.9. The number of hydrogen-bond acceptors (Lipinski definition) is 3. The van der Waals surface area contributed by atoms with Gasteiger partial charge in [-0.15, -0.1) is 0 Å². The first-order valence-electron chi connectivity index (χ1n) is 8.14. The lowest BCUT2D eigenvalue weighted by Crippen LogP contribution is -2.37. The molecule has 24 heavy (non-hydrogen) atoms. The molecule has 3 rings (SSSR count). The maximum atomic E-state index is 12.1. The molecule has 2 aromatic rings. The Bertz CT molecular complexity index is 690. The standard InChI is InChI=1S/C19H22BrN3O/c20-16-8-6-14(7-9-16)18(19(22)24)23-11-15(10-21)17(12-23)13-4-2-1-3-5-13/h1-9,15,17-18H,10-12,21H2,(H2,22,24)/t15-,17+,18?/m1/s1. The Morgan fingerprint density at radius 1 is 1.12 bits per heavy atom. The molecule has 1 heterocycles. The van der Waals surface area contributed by atoms with Crippen LogP contribution < -0.4 is 11.5 Å². The molecule has 4 N–H and O–H groups in total. The molecule has 3 atom stereocenters. The van der Waals surface area contributed by atoms with Gasteiger partial charge in [-0.25, -0.2) is 0 Å². The predicted molar refractivity (Wildman–Crippen MR) is 99.4 cm³/mol. The minimum absolute atomic E-state index is 0.318. The number of carbonyl (C=O) groups excluding carboxylic acids is 1. The number of nitrogens with two attached hydrogens (primary N) is 2. The largest absolute Gasteiger partial charge is 0.368 e. The number of nitrogens with zero attached hydrogens (tertiary/aromatic N) is 1. The molecule has 1 unspecified atom stereocenters. The van der Waals surface area contributed by atoms with Crippen LogP contribution in [0.4, 0.5) is 0 Å². The smallest absolute Gasteiger partial charge is 0.239 e. The summed E-state index contributed by atoms with van der Waals surface area (Å²) in [5, 5.41) is 0. The molecular formula is C19H22BrN3O. The molecule has 1 aliphatic rings. The Kier molecular flexibility index (Phi) is 5.33. The van der Waals surface area contributed by atoms with Gasteiger partial charge >= 0.3 is 0 Å². The SMILES string of the molecule is NC[C@@H]1CN(C(C(N)=O)c2ccc(Br)cc2)C[C@H]1c1ccccc1. The van der Waals surface area contributed by atoms with Crippen molar-refractivity contribution < 1.29 is 4.79 Å². The summed E-state index contributed by atoms with van der Waals surface area (Å²) in [6, 6.07) is 17.7. The summed E-state index contributed by atoms with van der Waals surface area (Å²) in [5.74, 6) is 0.333. The zero-order valence-corrected chi connectivity index (χ0v) is 15.0. The Morgan fingerprint density at radius 3 is 2.38 bits per heavy atom. The fourth-order valence-corrected chi connectivity index (χ4v) is 3.90. The Labute approximate surface area is 151 Å². The molecule has 126 valence electrons. The fraction of sp³-hybridized carbons (Fsp3) is 0.316. The van der Waals surface area contributed by atoms with Crippen LogP contribution in [0.25, 0.3) is 0 Å². The minimum Gasteiger partial charge on any atom is -0.368 e. The molecule has 1 fully saturated rings. The Morgan fingerprint density at radius 2 is 1.79 bits per heavy atom. The van der Waals surface area contributed by atoms with Gasteiger partial charge in [-0.2, -0.15) is 0 Å². The van der Waals surface area contributed by atoms with Gasteiger partial charge in [0.1, 0.15) is 6.04 Å². The Hall–Kier alpha value is -1.69. The average molecular weight is 388 g/mol. The summed E-state index contributed by atoms with van der Waals surface area (Å²) < 4.78 is 0.984. The molecule has 0 radical (unpaired) electrons. The normalized spacial score (nSPS) is 22.4. The molecule has 5 heteroatoms. The summed E-state index contributed by atoms with van der Waals surface area (Å²) in [7, 11) is 0. The first-order chi connectivity index (χ1) is 11.6. The zero-order chi connectivity index (χ0) is 17.1. The number of rotatable bonds is 5. The minimum atomic E-state index is -0.416. The van der Waals surface area contributed by atoms with E-state index in [9.17, 15) is 4.79 Å². The highest BCUT2D eigenvalue weighted by Gasteiger charge is 2.38. The summed E-state index contributed by atoms with van der Waals surface area (Å²) in [6.45, 7) is 2.16. The van der Waals surface area contributed by atoms with E-state index < -0.39 is 6.04 Å². The van der Waals surface area contributed by atoms with E-state index >= 15 is 0 Å². The molecule has 0 spiro atoms. The second-order valence-corrected chi connectivity index (χ2v) is 7.24. The van der Waals surface area contributed by atoms with E-state index in [0.29, 0.717) is 18.4 Å². The average Bonchev–Trinajstić information content (AvgIpc) is 3.01. The Balaban J connectivity index is 1.87. The summed E-state index contributed by atoms with van der Waals surface area (Å²) in [4.78, 5) is 14.3. The number of primary amides is 1. The van der Waals surface area contributed by atoms with Crippen molar-refractivity contribution in [1.29, 1.82) is 0 Å². The van der Waals surface area contributed by atoms with Crippen molar-refractivity contribution in [3.05, 3.63) is 70.2 Å². The first-order valence-corrected chi connectivity index (χ1v) is 8.93. The quantitative estimate of drug-likeness (QED) is 0.827. The van der Waals surface area contributed by atoms with Crippen molar-refractivity contribution >= 4 is 21.8 Å². The topological polar surface area (TPSA) is 72.3 Å². The van der Waals surface area contributed by atoms with Crippen LogP contribution in [0.3, 0.4) is 0 Å². The van der Waals surface area contributed by atoms with Gasteiger partial charge in [-0.05, 0) is 35.7 Å². The number of benzene rings is 2. The third-order valence-corrected chi connectivity index (χ3v) is 5.35. The van der Waals surface area contributed by atoms with Crippen LogP contribution in [0.2, 0.25) is 0 Å². The van der Waals surface area contributed by atoms with E-state index in [4.69, 9.17) is 11.5 Å². The molecule has 0 aromatic heterocycles. The molecule has 1 aliphatic heterocycles. The van der Waals surface area contributed by atoms with Crippen molar-refractivity contribution in [1.82, 2.24) is 4.90 Å².